The molecule has 0 radical (unpaired) electrons. The summed E-state index contributed by atoms with van der Waals surface area (Å²) >= 11 is 1.53. The first kappa shape index (κ1) is 13.4. The second-order valence-corrected chi connectivity index (χ2v) is 6.78. The van der Waals surface area contributed by atoms with Crippen LogP contribution >= 0.6 is 11.8 Å². The van der Waals surface area contributed by atoms with Gasteiger partial charge in [-0.05, 0) is 35.9 Å². The van der Waals surface area contributed by atoms with Crippen molar-refractivity contribution < 1.29 is 23.4 Å². The zero-order chi connectivity index (χ0) is 15.6. The van der Waals surface area contributed by atoms with Gasteiger partial charge in [0.25, 0.3) is 0 Å². The molecule has 3 aliphatic rings. The first-order chi connectivity index (χ1) is 11.2. The summed E-state index contributed by atoms with van der Waals surface area (Å²) in [4.78, 5) is 13.6. The summed E-state index contributed by atoms with van der Waals surface area (Å²) in [7, 11) is 0. The van der Waals surface area contributed by atoms with E-state index in [0.29, 0.717) is 22.8 Å². The van der Waals surface area contributed by atoms with Gasteiger partial charge in [-0.25, -0.2) is 4.39 Å². The maximum atomic E-state index is 13.5. The summed E-state index contributed by atoms with van der Waals surface area (Å²) in [6, 6.07) is 9.87. The smallest absolute Gasteiger partial charge is 0.231 e. The largest absolute Gasteiger partial charge is 0.454 e. The Bertz CT molecular complexity index is 852. The molecule has 0 aromatic heterocycles. The van der Waals surface area contributed by atoms with Crippen molar-refractivity contribution in [3.63, 3.8) is 0 Å². The fraction of sp³-hybridized carbons (Fsp3) is 0.235. The third-order valence-corrected chi connectivity index (χ3v) is 5.65. The van der Waals surface area contributed by atoms with Crippen LogP contribution in [0.4, 0.5) is 4.39 Å². The summed E-state index contributed by atoms with van der Waals surface area (Å²) in [5.41, 5.74) is 0.395. The molecular formula is C17H11FO4S. The Morgan fingerprint density at radius 2 is 2.00 bits per heavy atom. The van der Waals surface area contributed by atoms with Crippen LogP contribution in [-0.2, 0) is 4.74 Å². The number of hydrogen-bond acceptors (Lipinski definition) is 5. The summed E-state index contributed by atoms with van der Waals surface area (Å²) < 4.78 is 30.0. The molecule has 116 valence electrons. The molecule has 0 amide bonds. The van der Waals surface area contributed by atoms with E-state index in [1.807, 2.05) is 18.2 Å². The zero-order valence-electron chi connectivity index (χ0n) is 11.9. The molecule has 2 aromatic rings. The Balaban J connectivity index is 1.50. The van der Waals surface area contributed by atoms with E-state index in [4.69, 9.17) is 14.2 Å². The summed E-state index contributed by atoms with van der Waals surface area (Å²) in [5, 5.41) is 0. The minimum atomic E-state index is -0.890. The van der Waals surface area contributed by atoms with Gasteiger partial charge in [0.1, 0.15) is 11.9 Å². The number of Topliss-reactive ketones (excluding diaryl/α,β-unsaturated/α-hetero) is 1. The number of rotatable bonds is 1. The first-order valence-corrected chi connectivity index (χ1v) is 8.20. The third kappa shape index (κ3) is 1.85. The molecule has 0 aliphatic carbocycles. The predicted octanol–water partition coefficient (Wildman–Crippen LogP) is 3.35. The highest BCUT2D eigenvalue weighted by molar-refractivity contribution is 7.99. The van der Waals surface area contributed by atoms with E-state index in [9.17, 15) is 9.18 Å². The van der Waals surface area contributed by atoms with Crippen molar-refractivity contribution in [2.24, 2.45) is 0 Å². The number of halogens is 1. The second kappa shape index (κ2) is 4.49. The normalized spacial score (nSPS) is 27.2. The number of ether oxygens (including phenoxy) is 3. The minimum absolute atomic E-state index is 0.145. The number of benzene rings is 2. The van der Waals surface area contributed by atoms with E-state index in [1.165, 1.54) is 23.9 Å². The third-order valence-electron chi connectivity index (χ3n) is 4.41. The summed E-state index contributed by atoms with van der Waals surface area (Å²) in [6.45, 7) is 0.205. The van der Waals surface area contributed by atoms with E-state index in [2.05, 4.69) is 0 Å². The van der Waals surface area contributed by atoms with E-state index in [-0.39, 0.29) is 18.7 Å². The lowest BCUT2D eigenvalue weighted by molar-refractivity contribution is 0.0885. The number of hydrogen-bond donors (Lipinski definition) is 0. The van der Waals surface area contributed by atoms with Crippen molar-refractivity contribution in [3.05, 3.63) is 53.3 Å². The van der Waals surface area contributed by atoms with Crippen LogP contribution in [-0.4, -0.2) is 23.9 Å². The van der Waals surface area contributed by atoms with Gasteiger partial charge in [-0.2, -0.15) is 0 Å². The Hall–Kier alpha value is -2.05. The number of carbonyl (C=O) groups excluding carboxylic acids is 1. The molecule has 2 aromatic carbocycles. The SMILES string of the molecule is O=C1c2cc(F)ccc2SCC12OC2c1ccc2c(c1)OCO2. The molecule has 0 N–H and O–H groups in total. The Kier molecular flexibility index (Phi) is 2.61. The molecule has 23 heavy (non-hydrogen) atoms. The molecule has 3 aliphatic heterocycles. The van der Waals surface area contributed by atoms with Gasteiger partial charge in [-0.1, -0.05) is 6.07 Å². The van der Waals surface area contributed by atoms with Gasteiger partial charge in [0.2, 0.25) is 6.79 Å². The number of carbonyl (C=O) groups is 1. The highest BCUT2D eigenvalue weighted by atomic mass is 32.2. The molecular weight excluding hydrogens is 319 g/mol. The van der Waals surface area contributed by atoms with Crippen molar-refractivity contribution in [1.82, 2.24) is 0 Å². The first-order valence-electron chi connectivity index (χ1n) is 7.22. The highest BCUT2D eigenvalue weighted by Gasteiger charge is 2.64. The molecule has 1 spiro atoms. The minimum Gasteiger partial charge on any atom is -0.454 e. The monoisotopic (exact) mass is 330 g/mol. The standard InChI is InChI=1S/C17H11FO4S/c18-10-2-4-14-11(6-10)15(19)17(7-23-14)16(22-17)9-1-3-12-13(5-9)21-8-20-12/h1-6,16H,7-8H2. The van der Waals surface area contributed by atoms with E-state index < -0.39 is 11.4 Å². The van der Waals surface area contributed by atoms with Crippen LogP contribution in [0.3, 0.4) is 0 Å². The molecule has 0 saturated carbocycles. The summed E-state index contributed by atoms with van der Waals surface area (Å²) in [5.74, 6) is 1.34. The lowest BCUT2D eigenvalue weighted by Crippen LogP contribution is -2.32. The molecule has 0 bridgehead atoms. The molecule has 1 saturated heterocycles. The van der Waals surface area contributed by atoms with Crippen molar-refractivity contribution in [3.8, 4) is 11.5 Å². The zero-order valence-corrected chi connectivity index (χ0v) is 12.7. The number of epoxide rings is 1. The van der Waals surface area contributed by atoms with Crippen LogP contribution in [0, 0.1) is 5.82 Å². The van der Waals surface area contributed by atoms with Crippen LogP contribution in [0.1, 0.15) is 22.0 Å². The molecule has 5 rings (SSSR count). The average molecular weight is 330 g/mol. The molecule has 3 heterocycles. The van der Waals surface area contributed by atoms with E-state index in [1.54, 1.807) is 6.07 Å². The van der Waals surface area contributed by atoms with Gasteiger partial charge in [0.15, 0.2) is 22.9 Å². The van der Waals surface area contributed by atoms with Crippen LogP contribution < -0.4 is 9.47 Å². The molecule has 2 atom stereocenters. The average Bonchev–Trinajstić information content (AvgIpc) is 3.09. The van der Waals surface area contributed by atoms with Crippen LogP contribution in [0.25, 0.3) is 0 Å². The van der Waals surface area contributed by atoms with E-state index in [0.717, 1.165) is 10.5 Å². The Labute approximate surface area is 135 Å². The van der Waals surface area contributed by atoms with Gasteiger partial charge in [-0.15, -0.1) is 11.8 Å². The fourth-order valence-electron chi connectivity index (χ4n) is 3.16. The van der Waals surface area contributed by atoms with Crippen molar-refractivity contribution >= 4 is 17.5 Å². The van der Waals surface area contributed by atoms with Gasteiger partial charge in [-0.3, -0.25) is 4.79 Å². The van der Waals surface area contributed by atoms with Crippen LogP contribution in [0.5, 0.6) is 11.5 Å². The Morgan fingerprint density at radius 1 is 1.13 bits per heavy atom. The quantitative estimate of drug-likeness (QED) is 0.751. The van der Waals surface area contributed by atoms with Crippen molar-refractivity contribution in [2.75, 3.05) is 12.5 Å². The van der Waals surface area contributed by atoms with Gasteiger partial charge in [0, 0.05) is 16.2 Å². The second-order valence-electron chi connectivity index (χ2n) is 5.76. The highest BCUT2D eigenvalue weighted by Crippen LogP contribution is 2.57. The van der Waals surface area contributed by atoms with Gasteiger partial charge < -0.3 is 14.2 Å². The summed E-state index contributed by atoms with van der Waals surface area (Å²) in [6.07, 6.45) is -0.326. The lowest BCUT2D eigenvalue weighted by atomic mass is 9.92. The van der Waals surface area contributed by atoms with Crippen molar-refractivity contribution in [2.45, 2.75) is 16.6 Å². The predicted molar refractivity (Wildman–Crippen MR) is 80.6 cm³/mol. The van der Waals surface area contributed by atoms with Gasteiger partial charge >= 0.3 is 0 Å². The molecule has 2 unspecified atom stereocenters. The molecule has 4 nitrogen and oxygen atoms in total. The molecule has 1 fully saturated rings. The van der Waals surface area contributed by atoms with Crippen LogP contribution in [0.15, 0.2) is 41.3 Å². The van der Waals surface area contributed by atoms with Crippen LogP contribution in [0.2, 0.25) is 0 Å². The lowest BCUT2D eigenvalue weighted by Gasteiger charge is -2.20. The maximum Gasteiger partial charge on any atom is 0.231 e. The number of ketones is 1. The van der Waals surface area contributed by atoms with Crippen molar-refractivity contribution in [1.29, 1.82) is 0 Å². The number of fused-ring (bicyclic) bond motifs is 2. The van der Waals surface area contributed by atoms with Gasteiger partial charge in [0.05, 0.1) is 0 Å². The van der Waals surface area contributed by atoms with E-state index >= 15 is 0 Å². The number of thioether (sulfide) groups is 1. The maximum absolute atomic E-state index is 13.5. The fourth-order valence-corrected chi connectivity index (χ4v) is 4.35. The topological polar surface area (TPSA) is 48.1 Å². The Morgan fingerprint density at radius 3 is 2.91 bits per heavy atom. The molecule has 6 heteroatoms.